The van der Waals surface area contributed by atoms with E-state index >= 15 is 0 Å². The molecule has 0 N–H and O–H groups in total. The molecule has 2 rings (SSSR count). The average Bonchev–Trinajstić information content (AvgIpc) is 2.65. The van der Waals surface area contributed by atoms with Crippen molar-refractivity contribution < 1.29 is 28.5 Å². The molecule has 0 radical (unpaired) electrons. The Bertz CT molecular complexity index is 735. The molecule has 1 aliphatic heterocycles. The number of rotatable bonds is 4. The molecule has 126 valence electrons. The first-order chi connectivity index (χ1) is 11.6. The van der Waals surface area contributed by atoms with Crippen LogP contribution in [0.15, 0.2) is 29.5 Å². The lowest BCUT2D eigenvalue weighted by Gasteiger charge is -2.32. The maximum absolute atomic E-state index is 12.3. The summed E-state index contributed by atoms with van der Waals surface area (Å²) in [5.41, 5.74) is 0.525. The van der Waals surface area contributed by atoms with Gasteiger partial charge in [0.15, 0.2) is 0 Å². The van der Waals surface area contributed by atoms with E-state index in [4.69, 9.17) is 18.9 Å². The highest BCUT2D eigenvalue weighted by Crippen LogP contribution is 2.36. The molecular formula is C16H16N2O6. The molecule has 1 aromatic rings. The summed E-state index contributed by atoms with van der Waals surface area (Å²) in [4.78, 5) is 25.6. The highest BCUT2D eigenvalue weighted by atomic mass is 16.5. The zero-order valence-electron chi connectivity index (χ0n) is 13.5. The molecule has 0 atom stereocenters. The van der Waals surface area contributed by atoms with Gasteiger partial charge in [-0.2, -0.15) is 5.26 Å². The van der Waals surface area contributed by atoms with Crippen molar-refractivity contribution >= 4 is 17.6 Å². The Hall–Kier alpha value is -3.05. The van der Waals surface area contributed by atoms with Crippen LogP contribution in [0.4, 0.5) is 5.69 Å². The third-order valence-electron chi connectivity index (χ3n) is 3.44. The van der Waals surface area contributed by atoms with Gasteiger partial charge < -0.3 is 23.8 Å². The van der Waals surface area contributed by atoms with Gasteiger partial charge in [0, 0.05) is 0 Å². The second-order valence-corrected chi connectivity index (χ2v) is 4.68. The molecule has 1 aliphatic rings. The summed E-state index contributed by atoms with van der Waals surface area (Å²) in [6, 6.07) is 6.89. The van der Waals surface area contributed by atoms with Crippen molar-refractivity contribution in [1.29, 1.82) is 5.26 Å². The average molecular weight is 332 g/mol. The Balaban J connectivity index is 2.71. The van der Waals surface area contributed by atoms with Crippen molar-refractivity contribution in [1.82, 2.24) is 0 Å². The van der Waals surface area contributed by atoms with Gasteiger partial charge in [-0.1, -0.05) is 6.07 Å². The molecule has 1 aromatic carbocycles. The summed E-state index contributed by atoms with van der Waals surface area (Å²) in [6.07, 6.45) is 0. The molecule has 0 bridgehead atoms. The number of hydrogen-bond donors (Lipinski definition) is 0. The minimum Gasteiger partial charge on any atom is -0.495 e. The number of benzene rings is 1. The van der Waals surface area contributed by atoms with Crippen LogP contribution in [0, 0.1) is 11.3 Å². The van der Waals surface area contributed by atoms with Gasteiger partial charge in [0.05, 0.1) is 39.1 Å². The lowest BCUT2D eigenvalue weighted by Crippen LogP contribution is -2.39. The van der Waals surface area contributed by atoms with Crippen LogP contribution in [0.5, 0.6) is 5.75 Å². The van der Waals surface area contributed by atoms with Crippen LogP contribution in [-0.2, 0) is 23.8 Å². The molecule has 0 unspecified atom stereocenters. The first kappa shape index (κ1) is 17.3. The largest absolute Gasteiger partial charge is 0.495 e. The quantitative estimate of drug-likeness (QED) is 0.752. The number of esters is 2. The Morgan fingerprint density at radius 2 is 1.92 bits per heavy atom. The second-order valence-electron chi connectivity index (χ2n) is 4.68. The number of hydrogen-bond acceptors (Lipinski definition) is 8. The molecule has 8 nitrogen and oxygen atoms in total. The van der Waals surface area contributed by atoms with Crippen molar-refractivity contribution in [3.8, 4) is 11.8 Å². The van der Waals surface area contributed by atoms with Crippen LogP contribution in [-0.4, -0.2) is 46.6 Å². The fourth-order valence-electron chi connectivity index (χ4n) is 2.38. The van der Waals surface area contributed by atoms with Gasteiger partial charge in [-0.15, -0.1) is 0 Å². The van der Waals surface area contributed by atoms with Crippen LogP contribution in [0.2, 0.25) is 0 Å². The smallest absolute Gasteiger partial charge is 0.355 e. The number of carbonyl (C=O) groups excluding carboxylic acids is 2. The molecule has 0 aliphatic carbocycles. The third-order valence-corrected chi connectivity index (χ3v) is 3.44. The van der Waals surface area contributed by atoms with Crippen molar-refractivity contribution in [3.05, 3.63) is 35.0 Å². The minimum absolute atomic E-state index is 0.00500. The van der Waals surface area contributed by atoms with E-state index in [0.717, 1.165) is 0 Å². The van der Waals surface area contributed by atoms with E-state index in [0.29, 0.717) is 11.4 Å². The molecule has 0 fully saturated rings. The zero-order chi connectivity index (χ0) is 17.7. The summed E-state index contributed by atoms with van der Waals surface area (Å²) in [5.74, 6) is -1.10. The monoisotopic (exact) mass is 332 g/mol. The third kappa shape index (κ3) is 3.02. The number of para-hydroxylation sites is 1. The number of nitrogens with zero attached hydrogens (tertiary/aromatic N) is 2. The molecule has 0 aromatic heterocycles. The van der Waals surface area contributed by atoms with Crippen LogP contribution >= 0.6 is 0 Å². The molecule has 24 heavy (non-hydrogen) atoms. The minimum atomic E-state index is -0.742. The van der Waals surface area contributed by atoms with Gasteiger partial charge in [-0.25, -0.2) is 9.59 Å². The van der Waals surface area contributed by atoms with Gasteiger partial charge in [0.25, 0.3) is 0 Å². The predicted molar refractivity (Wildman–Crippen MR) is 82.1 cm³/mol. The Labute approximate surface area is 138 Å². The summed E-state index contributed by atoms with van der Waals surface area (Å²) < 4.78 is 20.2. The lowest BCUT2D eigenvalue weighted by molar-refractivity contribution is -0.140. The molecule has 0 saturated carbocycles. The van der Waals surface area contributed by atoms with E-state index in [9.17, 15) is 14.9 Å². The standard InChI is InChI=1S/C16H16N2O6/c1-21-12-6-4-5-10(7-17)13(12)18-9-24-8-11(15(19)22-2)14(18)16(20)23-3/h4-6H,8-9H2,1-3H3. The van der Waals surface area contributed by atoms with Crippen molar-refractivity contribution in [2.24, 2.45) is 0 Å². The molecule has 0 saturated heterocycles. The molecule has 0 spiro atoms. The van der Waals surface area contributed by atoms with E-state index < -0.39 is 11.9 Å². The topological polar surface area (TPSA) is 98.1 Å². The summed E-state index contributed by atoms with van der Waals surface area (Å²) in [6.45, 7) is -0.162. The van der Waals surface area contributed by atoms with Crippen molar-refractivity contribution in [3.63, 3.8) is 0 Å². The summed E-state index contributed by atoms with van der Waals surface area (Å²) in [7, 11) is 3.84. The van der Waals surface area contributed by atoms with E-state index in [2.05, 4.69) is 0 Å². The van der Waals surface area contributed by atoms with E-state index in [1.807, 2.05) is 6.07 Å². The molecular weight excluding hydrogens is 316 g/mol. The van der Waals surface area contributed by atoms with Crippen LogP contribution < -0.4 is 9.64 Å². The van der Waals surface area contributed by atoms with Gasteiger partial charge in [0.2, 0.25) is 0 Å². The number of ether oxygens (including phenoxy) is 4. The highest BCUT2D eigenvalue weighted by Gasteiger charge is 2.34. The number of carbonyl (C=O) groups is 2. The number of anilines is 1. The Morgan fingerprint density at radius 3 is 2.50 bits per heavy atom. The number of nitriles is 1. The zero-order valence-corrected chi connectivity index (χ0v) is 13.5. The lowest BCUT2D eigenvalue weighted by atomic mass is 10.1. The van der Waals surface area contributed by atoms with Crippen LogP contribution in [0.1, 0.15) is 5.56 Å². The normalized spacial score (nSPS) is 14.0. The maximum atomic E-state index is 12.3. The van der Waals surface area contributed by atoms with Gasteiger partial charge in [-0.3, -0.25) is 0 Å². The molecule has 0 amide bonds. The first-order valence-corrected chi connectivity index (χ1v) is 6.91. The molecule has 1 heterocycles. The van der Waals surface area contributed by atoms with E-state index in [1.165, 1.54) is 26.2 Å². The highest BCUT2D eigenvalue weighted by molar-refractivity contribution is 6.04. The predicted octanol–water partition coefficient (Wildman–Crippen LogP) is 0.961. The first-order valence-electron chi connectivity index (χ1n) is 6.91. The van der Waals surface area contributed by atoms with Crippen molar-refractivity contribution in [2.45, 2.75) is 0 Å². The second kappa shape index (κ2) is 7.48. The van der Waals surface area contributed by atoms with Gasteiger partial charge in [-0.05, 0) is 12.1 Å². The SMILES string of the molecule is COC(=O)C1=C(C(=O)OC)N(c2c(C#N)cccc2OC)COC1. The Kier molecular flexibility index (Phi) is 5.39. The van der Waals surface area contributed by atoms with Crippen LogP contribution in [0.3, 0.4) is 0 Å². The number of methoxy groups -OCH3 is 3. The fourth-order valence-corrected chi connectivity index (χ4v) is 2.38. The van der Waals surface area contributed by atoms with Crippen LogP contribution in [0.25, 0.3) is 0 Å². The van der Waals surface area contributed by atoms with Crippen molar-refractivity contribution in [2.75, 3.05) is 39.6 Å². The fraction of sp³-hybridized carbons (Fsp3) is 0.312. The molecule has 8 heteroatoms. The maximum Gasteiger partial charge on any atom is 0.355 e. The van der Waals surface area contributed by atoms with Gasteiger partial charge in [0.1, 0.15) is 29.9 Å². The Morgan fingerprint density at radius 1 is 1.21 bits per heavy atom. The van der Waals surface area contributed by atoms with E-state index in [1.54, 1.807) is 18.2 Å². The summed E-state index contributed by atoms with van der Waals surface area (Å²) >= 11 is 0. The summed E-state index contributed by atoms with van der Waals surface area (Å²) in [5, 5.41) is 9.38. The van der Waals surface area contributed by atoms with Gasteiger partial charge >= 0.3 is 11.9 Å². The van der Waals surface area contributed by atoms with E-state index in [-0.39, 0.29) is 30.2 Å².